The Hall–Kier alpha value is -2.36. The average molecular weight is 387 g/mol. The molecule has 0 spiro atoms. The maximum Gasteiger partial charge on any atom is 0.0479 e. The van der Waals surface area contributed by atoms with Crippen LogP contribution in [0.2, 0.25) is 0 Å². The first kappa shape index (κ1) is 18.7. The van der Waals surface area contributed by atoms with Crippen LogP contribution in [0, 0.1) is 5.92 Å². The van der Waals surface area contributed by atoms with Crippen LogP contribution in [0.5, 0.6) is 0 Å². The molecule has 0 amide bonds. The van der Waals surface area contributed by atoms with Crippen molar-refractivity contribution in [2.75, 3.05) is 26.8 Å². The van der Waals surface area contributed by atoms with Gasteiger partial charge >= 0.3 is 0 Å². The second-order valence-electron chi connectivity index (χ2n) is 8.45. The molecule has 2 aliphatic carbocycles. The van der Waals surface area contributed by atoms with Crippen molar-refractivity contribution < 1.29 is 4.74 Å². The molecule has 3 nitrogen and oxygen atoms in total. The van der Waals surface area contributed by atoms with Crippen molar-refractivity contribution in [1.82, 2.24) is 10.2 Å². The summed E-state index contributed by atoms with van der Waals surface area (Å²) < 4.78 is 5.30. The quantitative estimate of drug-likeness (QED) is 0.648. The second-order valence-corrected chi connectivity index (χ2v) is 8.45. The maximum absolute atomic E-state index is 5.30. The first-order valence-corrected chi connectivity index (χ1v) is 10.9. The lowest BCUT2D eigenvalue weighted by atomic mass is 9.76. The van der Waals surface area contributed by atoms with Crippen molar-refractivity contribution in [3.05, 3.63) is 83.7 Å². The molecule has 150 valence electrons. The molecule has 1 aliphatic heterocycles. The Balaban J connectivity index is 1.48. The van der Waals surface area contributed by atoms with Crippen LogP contribution >= 0.6 is 0 Å². The van der Waals surface area contributed by atoms with E-state index in [1.165, 1.54) is 40.4 Å². The Labute approximate surface area is 173 Å². The van der Waals surface area contributed by atoms with Crippen LogP contribution in [-0.4, -0.2) is 37.7 Å². The molecule has 1 N–H and O–H groups in total. The smallest absolute Gasteiger partial charge is 0.0479 e. The maximum atomic E-state index is 5.30. The van der Waals surface area contributed by atoms with Crippen LogP contribution in [0.25, 0.3) is 10.8 Å². The summed E-state index contributed by atoms with van der Waals surface area (Å²) in [6.07, 6.45) is 13.1. The van der Waals surface area contributed by atoms with Gasteiger partial charge in [0.15, 0.2) is 0 Å². The van der Waals surface area contributed by atoms with E-state index in [2.05, 4.69) is 77.1 Å². The number of fused-ring (bicyclic) bond motifs is 2. The van der Waals surface area contributed by atoms with Gasteiger partial charge in [0.25, 0.3) is 0 Å². The summed E-state index contributed by atoms with van der Waals surface area (Å²) in [4.78, 5) is 2.47. The average Bonchev–Trinajstić information content (AvgIpc) is 3.53. The molecule has 0 aromatic heterocycles. The van der Waals surface area contributed by atoms with Gasteiger partial charge < -0.3 is 15.0 Å². The lowest BCUT2D eigenvalue weighted by Gasteiger charge is -2.31. The largest absolute Gasteiger partial charge is 0.385 e. The van der Waals surface area contributed by atoms with Gasteiger partial charge in [0.1, 0.15) is 0 Å². The molecule has 3 heteroatoms. The number of rotatable bonds is 8. The van der Waals surface area contributed by atoms with Gasteiger partial charge in [0.2, 0.25) is 0 Å². The number of ether oxygens (including phenoxy) is 1. The topological polar surface area (TPSA) is 24.5 Å². The normalized spacial score (nSPS) is 23.3. The van der Waals surface area contributed by atoms with Crippen LogP contribution in [0.1, 0.15) is 30.7 Å². The number of hydrogen-bond acceptors (Lipinski definition) is 3. The SMILES string of the molecule is COCCCN1C=C(CNC2CC2)C2C1=CC=CC2c1cccc2ccccc12. The standard InChI is InChI=1S/C26H30N2O/c1-29-16-6-15-28-18-20(17-27-21-13-14-21)26-24(11-5-12-25(26)28)23-10-4-8-19-7-2-3-9-22(19)23/h2-5,7-12,18,21,24,26-27H,6,13-17H2,1H3. The van der Waals surface area contributed by atoms with E-state index in [0.29, 0.717) is 11.8 Å². The molecule has 2 unspecified atom stereocenters. The van der Waals surface area contributed by atoms with Gasteiger partial charge in [0, 0.05) is 56.6 Å². The molecule has 0 radical (unpaired) electrons. The van der Waals surface area contributed by atoms with Gasteiger partial charge in [0.05, 0.1) is 0 Å². The number of allylic oxidation sites excluding steroid dienone is 4. The third kappa shape index (κ3) is 3.77. The van der Waals surface area contributed by atoms with Crippen molar-refractivity contribution in [1.29, 1.82) is 0 Å². The summed E-state index contributed by atoms with van der Waals surface area (Å²) in [6.45, 7) is 2.81. The van der Waals surface area contributed by atoms with E-state index in [-0.39, 0.29) is 0 Å². The molecule has 2 aromatic rings. The van der Waals surface area contributed by atoms with E-state index in [1.54, 1.807) is 7.11 Å². The molecule has 29 heavy (non-hydrogen) atoms. The molecule has 3 aliphatic rings. The third-order valence-electron chi connectivity index (χ3n) is 6.42. The molecule has 1 saturated carbocycles. The molecule has 0 bridgehead atoms. The van der Waals surface area contributed by atoms with E-state index in [9.17, 15) is 0 Å². The summed E-state index contributed by atoms with van der Waals surface area (Å²) in [5.74, 6) is 0.792. The molecule has 5 rings (SSSR count). The predicted octanol–water partition coefficient (Wildman–Crippen LogP) is 4.98. The van der Waals surface area contributed by atoms with E-state index in [1.807, 2.05) is 0 Å². The van der Waals surface area contributed by atoms with Crippen molar-refractivity contribution in [3.63, 3.8) is 0 Å². The Kier molecular flexibility index (Phi) is 5.26. The van der Waals surface area contributed by atoms with Gasteiger partial charge in [-0.05, 0) is 47.2 Å². The molecule has 2 atom stereocenters. The number of nitrogens with one attached hydrogen (secondary N) is 1. The van der Waals surface area contributed by atoms with Crippen LogP contribution < -0.4 is 5.32 Å². The fourth-order valence-electron chi connectivity index (χ4n) is 4.83. The number of benzene rings is 2. The fraction of sp³-hybridized carbons (Fsp3) is 0.385. The highest BCUT2D eigenvalue weighted by Crippen LogP contribution is 2.46. The Morgan fingerprint density at radius 1 is 1.10 bits per heavy atom. The monoisotopic (exact) mass is 386 g/mol. The van der Waals surface area contributed by atoms with E-state index < -0.39 is 0 Å². The third-order valence-corrected chi connectivity index (χ3v) is 6.42. The molecular formula is C26H30N2O. The Morgan fingerprint density at radius 3 is 2.83 bits per heavy atom. The summed E-state index contributed by atoms with van der Waals surface area (Å²) in [5, 5.41) is 6.46. The lowest BCUT2D eigenvalue weighted by Crippen LogP contribution is -2.27. The van der Waals surface area contributed by atoms with Gasteiger partial charge in [-0.2, -0.15) is 0 Å². The summed E-state index contributed by atoms with van der Waals surface area (Å²) in [6, 6.07) is 16.3. The first-order chi connectivity index (χ1) is 14.3. The van der Waals surface area contributed by atoms with Crippen molar-refractivity contribution in [2.45, 2.75) is 31.2 Å². The van der Waals surface area contributed by atoms with E-state index >= 15 is 0 Å². The minimum absolute atomic E-state index is 0.376. The summed E-state index contributed by atoms with van der Waals surface area (Å²) in [5.41, 5.74) is 4.39. The van der Waals surface area contributed by atoms with Gasteiger partial charge in [-0.15, -0.1) is 0 Å². The molecule has 2 aromatic carbocycles. The Bertz CT molecular complexity index is 964. The molecule has 1 heterocycles. The van der Waals surface area contributed by atoms with Crippen LogP contribution in [-0.2, 0) is 4.74 Å². The second kappa shape index (κ2) is 8.17. The van der Waals surface area contributed by atoms with Gasteiger partial charge in [-0.25, -0.2) is 0 Å². The first-order valence-electron chi connectivity index (χ1n) is 10.9. The minimum Gasteiger partial charge on any atom is -0.385 e. The van der Waals surface area contributed by atoms with E-state index in [0.717, 1.165) is 32.2 Å². The number of nitrogens with zero attached hydrogens (tertiary/aromatic N) is 1. The zero-order chi connectivity index (χ0) is 19.6. The lowest BCUT2D eigenvalue weighted by molar-refractivity contribution is 0.187. The predicted molar refractivity (Wildman–Crippen MR) is 120 cm³/mol. The van der Waals surface area contributed by atoms with Gasteiger partial charge in [-0.1, -0.05) is 54.6 Å². The molecule has 0 saturated heterocycles. The number of hydrogen-bond donors (Lipinski definition) is 1. The molecular weight excluding hydrogens is 356 g/mol. The highest BCUT2D eigenvalue weighted by Gasteiger charge is 2.37. The zero-order valence-electron chi connectivity index (χ0n) is 17.2. The van der Waals surface area contributed by atoms with Crippen LogP contribution in [0.4, 0.5) is 0 Å². The fourth-order valence-corrected chi connectivity index (χ4v) is 4.83. The zero-order valence-corrected chi connectivity index (χ0v) is 17.2. The van der Waals surface area contributed by atoms with Crippen molar-refractivity contribution >= 4 is 10.8 Å². The molecule has 1 fully saturated rings. The van der Waals surface area contributed by atoms with Crippen LogP contribution in [0.3, 0.4) is 0 Å². The Morgan fingerprint density at radius 2 is 1.97 bits per heavy atom. The summed E-state index contributed by atoms with van der Waals surface area (Å²) >= 11 is 0. The van der Waals surface area contributed by atoms with E-state index in [4.69, 9.17) is 4.74 Å². The van der Waals surface area contributed by atoms with Crippen molar-refractivity contribution in [2.24, 2.45) is 5.92 Å². The van der Waals surface area contributed by atoms with Gasteiger partial charge in [-0.3, -0.25) is 0 Å². The number of methoxy groups -OCH3 is 1. The van der Waals surface area contributed by atoms with Crippen LogP contribution in [0.15, 0.2) is 78.2 Å². The highest BCUT2D eigenvalue weighted by molar-refractivity contribution is 5.86. The summed E-state index contributed by atoms with van der Waals surface area (Å²) in [7, 11) is 1.78. The highest BCUT2D eigenvalue weighted by atomic mass is 16.5. The minimum atomic E-state index is 0.376. The van der Waals surface area contributed by atoms with Crippen molar-refractivity contribution in [3.8, 4) is 0 Å².